The summed E-state index contributed by atoms with van der Waals surface area (Å²) in [6.45, 7) is 0.119. The minimum atomic E-state index is -0.907. The van der Waals surface area contributed by atoms with E-state index in [1.54, 1.807) is 54.9 Å². The summed E-state index contributed by atoms with van der Waals surface area (Å²) in [5, 5.41) is 21.5. The summed E-state index contributed by atoms with van der Waals surface area (Å²) in [5.74, 6) is -1.89. The summed E-state index contributed by atoms with van der Waals surface area (Å²) >= 11 is 0. The van der Waals surface area contributed by atoms with E-state index in [1.165, 1.54) is 17.0 Å². The van der Waals surface area contributed by atoms with Crippen molar-refractivity contribution in [3.63, 3.8) is 0 Å². The van der Waals surface area contributed by atoms with Crippen LogP contribution in [0.1, 0.15) is 27.7 Å². The number of aromatic nitrogens is 1. The molecule has 0 aliphatic carbocycles. The summed E-state index contributed by atoms with van der Waals surface area (Å²) in [6, 6.07) is 17.7. The molecule has 0 saturated heterocycles. The van der Waals surface area contributed by atoms with E-state index in [4.69, 9.17) is 4.42 Å². The molecule has 7 nitrogen and oxygen atoms in total. The number of ketones is 1. The second-order valence-electron chi connectivity index (χ2n) is 7.53. The molecule has 0 saturated carbocycles. The number of carbonyl (C=O) groups excluding carboxylic acids is 2. The topological polar surface area (TPSA) is 104 Å². The van der Waals surface area contributed by atoms with Crippen LogP contribution in [0.2, 0.25) is 0 Å². The molecule has 0 fully saturated rings. The largest absolute Gasteiger partial charge is 0.508 e. The lowest BCUT2D eigenvalue weighted by Crippen LogP contribution is -2.30. The number of carbonyl (C=O) groups is 2. The van der Waals surface area contributed by atoms with Crippen molar-refractivity contribution in [2.75, 3.05) is 0 Å². The van der Waals surface area contributed by atoms with Crippen LogP contribution in [0.4, 0.5) is 0 Å². The Morgan fingerprint density at radius 1 is 1.03 bits per heavy atom. The third kappa shape index (κ3) is 3.30. The SMILES string of the molecule is O=C(C1=C(O)C(=O)N(Cc2cccnc2)C1c1cccc(O)c1)c1cc2ccccc2o1. The monoisotopic (exact) mass is 426 g/mol. The van der Waals surface area contributed by atoms with Crippen LogP contribution in [0.3, 0.4) is 0 Å². The van der Waals surface area contributed by atoms with E-state index in [0.29, 0.717) is 11.1 Å². The zero-order valence-electron chi connectivity index (χ0n) is 16.8. The van der Waals surface area contributed by atoms with Crippen LogP contribution in [0.15, 0.2) is 94.9 Å². The number of Topliss-reactive ketones (excluding diaryl/α,β-unsaturated/α-hetero) is 1. The Hall–Kier alpha value is -4.39. The van der Waals surface area contributed by atoms with Gasteiger partial charge in [-0.1, -0.05) is 36.4 Å². The van der Waals surface area contributed by atoms with Gasteiger partial charge in [0.2, 0.25) is 5.78 Å². The molecule has 158 valence electrons. The molecule has 0 radical (unpaired) electrons. The number of aliphatic hydroxyl groups is 1. The van der Waals surface area contributed by atoms with Crippen molar-refractivity contribution in [1.29, 1.82) is 0 Å². The molecule has 2 aromatic carbocycles. The van der Waals surface area contributed by atoms with Crippen molar-refractivity contribution in [2.45, 2.75) is 12.6 Å². The molecule has 1 aliphatic rings. The Kier molecular flexibility index (Phi) is 4.71. The van der Waals surface area contributed by atoms with Gasteiger partial charge in [0.1, 0.15) is 11.3 Å². The molecule has 1 aliphatic heterocycles. The smallest absolute Gasteiger partial charge is 0.290 e. The van der Waals surface area contributed by atoms with Gasteiger partial charge in [-0.15, -0.1) is 0 Å². The quantitative estimate of drug-likeness (QED) is 0.461. The van der Waals surface area contributed by atoms with Gasteiger partial charge < -0.3 is 19.5 Å². The lowest BCUT2D eigenvalue weighted by molar-refractivity contribution is -0.130. The van der Waals surface area contributed by atoms with Crippen molar-refractivity contribution in [1.82, 2.24) is 9.88 Å². The van der Waals surface area contributed by atoms with Crippen LogP contribution in [0, 0.1) is 0 Å². The highest BCUT2D eigenvalue weighted by Crippen LogP contribution is 2.41. The average molecular weight is 426 g/mol. The number of para-hydroxylation sites is 1. The van der Waals surface area contributed by atoms with Gasteiger partial charge in [-0.2, -0.15) is 0 Å². The number of phenols is 1. The number of aromatic hydroxyl groups is 1. The maximum atomic E-state index is 13.5. The van der Waals surface area contributed by atoms with Gasteiger partial charge in [-0.25, -0.2) is 0 Å². The summed E-state index contributed by atoms with van der Waals surface area (Å²) in [5.41, 5.74) is 1.66. The molecular weight excluding hydrogens is 408 g/mol. The van der Waals surface area contributed by atoms with Crippen molar-refractivity contribution < 1.29 is 24.2 Å². The minimum absolute atomic E-state index is 0.0156. The fourth-order valence-electron chi connectivity index (χ4n) is 4.00. The summed E-state index contributed by atoms with van der Waals surface area (Å²) < 4.78 is 5.70. The zero-order valence-corrected chi connectivity index (χ0v) is 16.8. The lowest BCUT2D eigenvalue weighted by atomic mass is 9.94. The number of benzene rings is 2. The van der Waals surface area contributed by atoms with E-state index in [0.717, 1.165) is 10.9 Å². The highest BCUT2D eigenvalue weighted by Gasteiger charge is 2.44. The van der Waals surface area contributed by atoms with Gasteiger partial charge in [0.25, 0.3) is 5.91 Å². The molecule has 0 bridgehead atoms. The van der Waals surface area contributed by atoms with E-state index >= 15 is 0 Å². The molecule has 7 heteroatoms. The Balaban J connectivity index is 1.61. The zero-order chi connectivity index (χ0) is 22.2. The number of hydrogen-bond acceptors (Lipinski definition) is 6. The molecule has 2 aromatic heterocycles. The lowest BCUT2D eigenvalue weighted by Gasteiger charge is -2.26. The molecular formula is C25H18N2O5. The van der Waals surface area contributed by atoms with Gasteiger partial charge in [0.05, 0.1) is 11.6 Å². The van der Waals surface area contributed by atoms with E-state index in [9.17, 15) is 19.8 Å². The van der Waals surface area contributed by atoms with E-state index in [-0.39, 0.29) is 23.6 Å². The summed E-state index contributed by atoms with van der Waals surface area (Å²) in [4.78, 5) is 32.0. The second-order valence-corrected chi connectivity index (χ2v) is 7.53. The Morgan fingerprint density at radius 2 is 1.88 bits per heavy atom. The summed E-state index contributed by atoms with van der Waals surface area (Å²) in [7, 11) is 0. The Bertz CT molecular complexity index is 1340. The maximum absolute atomic E-state index is 13.5. The predicted octanol–water partition coefficient (Wildman–Crippen LogP) is 4.31. The van der Waals surface area contributed by atoms with Crippen molar-refractivity contribution in [2.24, 2.45) is 0 Å². The standard InChI is InChI=1S/C25H18N2O5/c28-18-8-3-7-17(11-18)22-21(23(29)20-12-16-6-1-2-9-19(16)32-20)24(30)25(31)27(22)14-15-5-4-10-26-13-15/h1-13,22,28,30H,14H2. The van der Waals surface area contributed by atoms with Gasteiger partial charge in [0.15, 0.2) is 11.5 Å². The van der Waals surface area contributed by atoms with E-state index in [1.807, 2.05) is 12.1 Å². The van der Waals surface area contributed by atoms with Crippen LogP contribution in [-0.4, -0.2) is 31.8 Å². The first kappa shape index (κ1) is 19.6. The highest BCUT2D eigenvalue weighted by atomic mass is 16.3. The fourth-order valence-corrected chi connectivity index (χ4v) is 4.00. The number of hydrogen-bond donors (Lipinski definition) is 2. The predicted molar refractivity (Wildman–Crippen MR) is 116 cm³/mol. The number of aliphatic hydroxyl groups excluding tert-OH is 1. The number of nitrogens with zero attached hydrogens (tertiary/aromatic N) is 2. The number of furan rings is 1. The summed E-state index contributed by atoms with van der Waals surface area (Å²) in [6.07, 6.45) is 3.23. The third-order valence-corrected chi connectivity index (χ3v) is 5.46. The van der Waals surface area contributed by atoms with Crippen LogP contribution >= 0.6 is 0 Å². The average Bonchev–Trinajstić information content (AvgIpc) is 3.34. The Labute approximate surface area is 182 Å². The number of phenolic OH excluding ortho intramolecular Hbond substituents is 1. The van der Waals surface area contributed by atoms with Crippen molar-refractivity contribution in [3.05, 3.63) is 107 Å². The molecule has 0 spiro atoms. The number of rotatable bonds is 5. The third-order valence-electron chi connectivity index (χ3n) is 5.46. The first-order chi connectivity index (χ1) is 15.5. The molecule has 2 N–H and O–H groups in total. The normalized spacial score (nSPS) is 16.2. The number of amides is 1. The van der Waals surface area contributed by atoms with Gasteiger partial charge in [0, 0.05) is 24.3 Å². The van der Waals surface area contributed by atoms with Crippen LogP contribution < -0.4 is 0 Å². The fraction of sp³-hybridized carbons (Fsp3) is 0.0800. The molecule has 1 atom stereocenters. The molecule has 4 aromatic rings. The number of pyridine rings is 1. The minimum Gasteiger partial charge on any atom is -0.508 e. The maximum Gasteiger partial charge on any atom is 0.290 e. The van der Waals surface area contributed by atoms with Crippen molar-refractivity contribution in [3.8, 4) is 5.75 Å². The number of fused-ring (bicyclic) bond motifs is 1. The van der Waals surface area contributed by atoms with E-state index < -0.39 is 23.5 Å². The second kappa shape index (κ2) is 7.70. The van der Waals surface area contributed by atoms with E-state index in [2.05, 4.69) is 4.98 Å². The van der Waals surface area contributed by atoms with Crippen LogP contribution in [-0.2, 0) is 11.3 Å². The molecule has 1 unspecified atom stereocenters. The van der Waals surface area contributed by atoms with Crippen LogP contribution in [0.5, 0.6) is 5.75 Å². The first-order valence-corrected chi connectivity index (χ1v) is 9.98. The van der Waals surface area contributed by atoms with Gasteiger partial charge >= 0.3 is 0 Å². The first-order valence-electron chi connectivity index (χ1n) is 9.98. The molecule has 3 heterocycles. The highest BCUT2D eigenvalue weighted by molar-refractivity contribution is 6.16. The van der Waals surface area contributed by atoms with Gasteiger partial charge in [-0.05, 0) is 41.5 Å². The molecule has 1 amide bonds. The molecule has 5 rings (SSSR count). The molecule has 32 heavy (non-hydrogen) atoms. The Morgan fingerprint density at radius 3 is 2.62 bits per heavy atom. The van der Waals surface area contributed by atoms with Gasteiger partial charge in [-0.3, -0.25) is 14.6 Å². The van der Waals surface area contributed by atoms with Crippen molar-refractivity contribution >= 4 is 22.7 Å². The van der Waals surface area contributed by atoms with Crippen LogP contribution in [0.25, 0.3) is 11.0 Å².